The molecule has 0 aliphatic carbocycles. The number of guanidine groups is 1. The summed E-state index contributed by atoms with van der Waals surface area (Å²) in [5.74, 6) is 1.19. The number of piperazine rings is 1. The average Bonchev–Trinajstić information content (AvgIpc) is 2.68. The van der Waals surface area contributed by atoms with Crippen LogP contribution in [0.2, 0.25) is 0 Å². The monoisotopic (exact) mass is 356 g/mol. The van der Waals surface area contributed by atoms with Crippen LogP contribution in [0.4, 0.5) is 10.1 Å². The van der Waals surface area contributed by atoms with Crippen molar-refractivity contribution in [2.24, 2.45) is 10.7 Å². The highest BCUT2D eigenvalue weighted by molar-refractivity contribution is 5.78. The van der Waals surface area contributed by atoms with Crippen LogP contribution in [0.3, 0.4) is 0 Å². The van der Waals surface area contributed by atoms with E-state index in [-0.39, 0.29) is 5.82 Å². The predicted octanol–water partition coefficient (Wildman–Crippen LogP) is 2.86. The lowest BCUT2D eigenvalue weighted by atomic mass is 10.2. The van der Waals surface area contributed by atoms with Crippen molar-refractivity contribution in [1.82, 2.24) is 4.90 Å². The lowest BCUT2D eigenvalue weighted by Gasteiger charge is -2.36. The molecule has 1 saturated heterocycles. The molecule has 5 nitrogen and oxygen atoms in total. The first-order chi connectivity index (χ1) is 12.7. The fourth-order valence-corrected chi connectivity index (χ4v) is 3.04. The van der Waals surface area contributed by atoms with Crippen molar-refractivity contribution in [1.29, 1.82) is 0 Å². The molecule has 6 heteroatoms. The average molecular weight is 356 g/mol. The first kappa shape index (κ1) is 18.0. The van der Waals surface area contributed by atoms with Crippen LogP contribution in [0.5, 0.6) is 5.75 Å². The Morgan fingerprint density at radius 2 is 1.77 bits per heavy atom. The van der Waals surface area contributed by atoms with Gasteiger partial charge in [-0.2, -0.15) is 0 Å². The zero-order valence-electron chi connectivity index (χ0n) is 15.1. The minimum Gasteiger partial charge on any atom is -0.494 e. The second-order valence-electron chi connectivity index (χ2n) is 6.17. The molecule has 1 aliphatic rings. The van der Waals surface area contributed by atoms with E-state index < -0.39 is 0 Å². The van der Waals surface area contributed by atoms with Crippen LogP contribution in [0.25, 0.3) is 0 Å². The summed E-state index contributed by atoms with van der Waals surface area (Å²) < 4.78 is 18.7. The highest BCUT2D eigenvalue weighted by atomic mass is 19.1. The molecule has 0 aromatic heterocycles. The number of hydrogen-bond acceptors (Lipinski definition) is 3. The number of halogens is 1. The number of para-hydroxylation sites is 1. The van der Waals surface area contributed by atoms with Crippen LogP contribution in [0.1, 0.15) is 12.5 Å². The van der Waals surface area contributed by atoms with E-state index in [0.29, 0.717) is 19.1 Å². The molecule has 0 bridgehead atoms. The number of benzene rings is 2. The van der Waals surface area contributed by atoms with E-state index in [0.717, 1.165) is 43.2 Å². The number of nitrogens with zero attached hydrogens (tertiary/aromatic N) is 3. The molecule has 26 heavy (non-hydrogen) atoms. The molecule has 0 spiro atoms. The van der Waals surface area contributed by atoms with E-state index in [4.69, 9.17) is 10.5 Å². The van der Waals surface area contributed by atoms with Crippen LogP contribution in [-0.4, -0.2) is 43.6 Å². The Morgan fingerprint density at radius 3 is 2.46 bits per heavy atom. The van der Waals surface area contributed by atoms with Crippen molar-refractivity contribution < 1.29 is 9.13 Å². The van der Waals surface area contributed by atoms with Gasteiger partial charge < -0.3 is 20.3 Å². The van der Waals surface area contributed by atoms with Gasteiger partial charge in [0, 0.05) is 37.4 Å². The summed E-state index contributed by atoms with van der Waals surface area (Å²) in [5.41, 5.74) is 8.26. The maximum Gasteiger partial charge on any atom is 0.191 e. The number of anilines is 1. The molecule has 138 valence electrons. The summed E-state index contributed by atoms with van der Waals surface area (Å²) in [4.78, 5) is 8.86. The van der Waals surface area contributed by atoms with Gasteiger partial charge >= 0.3 is 0 Å². The van der Waals surface area contributed by atoms with Crippen molar-refractivity contribution in [2.45, 2.75) is 13.5 Å². The molecule has 1 fully saturated rings. The zero-order valence-corrected chi connectivity index (χ0v) is 15.1. The van der Waals surface area contributed by atoms with Gasteiger partial charge in [-0.3, -0.25) is 0 Å². The summed E-state index contributed by atoms with van der Waals surface area (Å²) in [6.45, 7) is 6.34. The van der Waals surface area contributed by atoms with Gasteiger partial charge in [-0.25, -0.2) is 9.38 Å². The molecule has 2 N–H and O–H groups in total. The van der Waals surface area contributed by atoms with Crippen LogP contribution in [0, 0.1) is 5.82 Å². The third-order valence-electron chi connectivity index (χ3n) is 4.48. The van der Waals surface area contributed by atoms with E-state index in [1.165, 1.54) is 12.1 Å². The highest BCUT2D eigenvalue weighted by Crippen LogP contribution is 2.19. The summed E-state index contributed by atoms with van der Waals surface area (Å²) >= 11 is 0. The summed E-state index contributed by atoms with van der Waals surface area (Å²) in [6, 6.07) is 14.5. The van der Waals surface area contributed by atoms with E-state index in [1.54, 1.807) is 0 Å². The molecule has 2 aromatic carbocycles. The predicted molar refractivity (Wildman–Crippen MR) is 103 cm³/mol. The lowest BCUT2D eigenvalue weighted by Crippen LogP contribution is -2.51. The van der Waals surface area contributed by atoms with Crippen molar-refractivity contribution >= 4 is 11.6 Å². The van der Waals surface area contributed by atoms with Crippen LogP contribution in [-0.2, 0) is 6.54 Å². The van der Waals surface area contributed by atoms with Gasteiger partial charge in [0.2, 0.25) is 0 Å². The Balaban J connectivity index is 1.57. The van der Waals surface area contributed by atoms with Crippen LogP contribution < -0.4 is 15.4 Å². The van der Waals surface area contributed by atoms with E-state index in [2.05, 4.69) is 14.8 Å². The lowest BCUT2D eigenvalue weighted by molar-refractivity contribution is 0.336. The quantitative estimate of drug-likeness (QED) is 0.661. The minimum absolute atomic E-state index is 0.212. The van der Waals surface area contributed by atoms with Gasteiger partial charge in [0.25, 0.3) is 0 Å². The number of ether oxygens (including phenoxy) is 1. The molecule has 0 radical (unpaired) electrons. The fourth-order valence-electron chi connectivity index (χ4n) is 3.04. The third-order valence-corrected chi connectivity index (χ3v) is 4.48. The van der Waals surface area contributed by atoms with Crippen molar-refractivity contribution in [3.8, 4) is 5.75 Å². The van der Waals surface area contributed by atoms with Crippen molar-refractivity contribution in [3.05, 3.63) is 59.9 Å². The van der Waals surface area contributed by atoms with E-state index in [9.17, 15) is 4.39 Å². The highest BCUT2D eigenvalue weighted by Gasteiger charge is 2.18. The van der Waals surface area contributed by atoms with Crippen molar-refractivity contribution in [2.75, 3.05) is 37.7 Å². The Bertz CT molecular complexity index is 740. The fraction of sp³-hybridized carbons (Fsp3) is 0.350. The summed E-state index contributed by atoms with van der Waals surface area (Å²) in [7, 11) is 0. The van der Waals surface area contributed by atoms with Gasteiger partial charge in [0.1, 0.15) is 11.6 Å². The number of nitrogens with two attached hydrogens (primary N) is 1. The van der Waals surface area contributed by atoms with Crippen LogP contribution >= 0.6 is 0 Å². The maximum atomic E-state index is 13.1. The minimum atomic E-state index is -0.212. The van der Waals surface area contributed by atoms with Gasteiger partial charge in [0.05, 0.1) is 13.2 Å². The Kier molecular flexibility index (Phi) is 5.94. The van der Waals surface area contributed by atoms with E-state index in [1.807, 2.05) is 43.3 Å². The smallest absolute Gasteiger partial charge is 0.191 e. The van der Waals surface area contributed by atoms with Crippen LogP contribution in [0.15, 0.2) is 53.5 Å². The zero-order chi connectivity index (χ0) is 18.4. The molecule has 0 atom stereocenters. The molecule has 0 amide bonds. The third kappa shape index (κ3) is 4.45. The molecule has 0 unspecified atom stereocenters. The molecule has 0 saturated carbocycles. The maximum absolute atomic E-state index is 13.1. The molecule has 2 aromatic rings. The van der Waals surface area contributed by atoms with Gasteiger partial charge in [-0.1, -0.05) is 18.2 Å². The largest absolute Gasteiger partial charge is 0.494 e. The second kappa shape index (κ2) is 8.56. The molecule has 3 rings (SSSR count). The summed E-state index contributed by atoms with van der Waals surface area (Å²) in [6.07, 6.45) is 0. The number of aliphatic imine (C=N–C) groups is 1. The molecular formula is C20H25FN4O. The Labute approximate surface area is 153 Å². The SMILES string of the molecule is CCOc1ccccc1CN=C(N)N1CCN(c2ccc(F)cc2)CC1. The molecule has 1 aliphatic heterocycles. The normalized spacial score (nSPS) is 15.2. The second-order valence-corrected chi connectivity index (χ2v) is 6.17. The van der Waals surface area contributed by atoms with Crippen molar-refractivity contribution in [3.63, 3.8) is 0 Å². The van der Waals surface area contributed by atoms with Gasteiger partial charge in [-0.05, 0) is 37.3 Å². The van der Waals surface area contributed by atoms with Gasteiger partial charge in [0.15, 0.2) is 5.96 Å². The first-order valence-corrected chi connectivity index (χ1v) is 8.93. The summed E-state index contributed by atoms with van der Waals surface area (Å²) in [5, 5.41) is 0. The number of hydrogen-bond donors (Lipinski definition) is 1. The Morgan fingerprint density at radius 1 is 1.08 bits per heavy atom. The first-order valence-electron chi connectivity index (χ1n) is 8.93. The van der Waals surface area contributed by atoms with Gasteiger partial charge in [-0.15, -0.1) is 0 Å². The number of rotatable bonds is 5. The molecular weight excluding hydrogens is 331 g/mol. The standard InChI is InChI=1S/C20H25FN4O/c1-2-26-19-6-4-3-5-16(19)15-23-20(22)25-13-11-24(12-14-25)18-9-7-17(21)8-10-18/h3-10H,2,11-15H2,1H3,(H2,22,23). The molecule has 1 heterocycles. The topological polar surface area (TPSA) is 54.1 Å². The Hall–Kier alpha value is -2.76. The van der Waals surface area contributed by atoms with E-state index >= 15 is 0 Å².